The van der Waals surface area contributed by atoms with Gasteiger partial charge >= 0.3 is 0 Å². The van der Waals surface area contributed by atoms with Gasteiger partial charge in [-0.2, -0.15) is 0 Å². The summed E-state index contributed by atoms with van der Waals surface area (Å²) in [4.78, 5) is 17.9. The summed E-state index contributed by atoms with van der Waals surface area (Å²) in [6.45, 7) is 4.61. The van der Waals surface area contributed by atoms with E-state index in [2.05, 4.69) is 195 Å². The molecule has 7 aromatic carbocycles. The molecule has 0 bridgehead atoms. The Hall–Kier alpha value is -6.91. The molecule has 0 spiro atoms. The SMILES string of the molecule is CC1(C)c2ccccc2-c2ccc(-c3nc(-c4ccc(-c5ccccc5)cc4)nc(-c4ccc5c(c4)C=Cc4ccccc4N5c4ccccc4)n3)cc21. The molecular formula is C50H36N4. The van der Waals surface area contributed by atoms with Gasteiger partial charge in [0.15, 0.2) is 17.5 Å². The van der Waals surface area contributed by atoms with E-state index in [1.54, 1.807) is 0 Å². The Morgan fingerprint density at radius 2 is 0.907 bits per heavy atom. The lowest BCUT2D eigenvalue weighted by atomic mass is 9.82. The number of rotatable bonds is 5. The predicted octanol–water partition coefficient (Wildman–Crippen LogP) is 12.8. The van der Waals surface area contributed by atoms with E-state index < -0.39 is 0 Å². The third kappa shape index (κ3) is 5.34. The van der Waals surface area contributed by atoms with Gasteiger partial charge in [0.25, 0.3) is 0 Å². The minimum Gasteiger partial charge on any atom is -0.309 e. The summed E-state index contributed by atoms with van der Waals surface area (Å²) in [6.07, 6.45) is 4.40. The van der Waals surface area contributed by atoms with E-state index in [9.17, 15) is 0 Å². The van der Waals surface area contributed by atoms with E-state index in [1.807, 2.05) is 6.07 Å². The van der Waals surface area contributed by atoms with Crippen LogP contribution in [0, 0.1) is 0 Å². The molecule has 0 unspecified atom stereocenters. The molecule has 2 aliphatic rings. The van der Waals surface area contributed by atoms with Gasteiger partial charge in [-0.15, -0.1) is 0 Å². The van der Waals surface area contributed by atoms with Crippen LogP contribution in [0.4, 0.5) is 17.1 Å². The van der Waals surface area contributed by atoms with Crippen LogP contribution in [0.1, 0.15) is 36.1 Å². The third-order valence-electron chi connectivity index (χ3n) is 10.9. The topological polar surface area (TPSA) is 41.9 Å². The maximum absolute atomic E-state index is 5.22. The van der Waals surface area contributed by atoms with Crippen molar-refractivity contribution in [1.29, 1.82) is 0 Å². The van der Waals surface area contributed by atoms with Crippen molar-refractivity contribution in [2.75, 3.05) is 4.90 Å². The molecule has 0 saturated carbocycles. The highest BCUT2D eigenvalue weighted by atomic mass is 15.1. The van der Waals surface area contributed by atoms with Gasteiger partial charge < -0.3 is 4.90 Å². The van der Waals surface area contributed by atoms with Gasteiger partial charge in [0.05, 0.1) is 11.4 Å². The summed E-state index contributed by atoms with van der Waals surface area (Å²) in [5.41, 5.74) is 15.8. The van der Waals surface area contributed by atoms with Crippen LogP contribution in [-0.2, 0) is 5.41 Å². The standard InChI is InChI=1S/C50H36N4/c1-50(2)43-19-11-10-18-41(43)42-29-27-39(32-44(42)50)49-52-47(36-24-21-34(22-25-36)33-13-5-3-6-14-33)51-48(53-49)38-28-30-46-37(31-38)26-23-35-15-9-12-20-45(35)54(46)40-16-7-4-8-17-40/h3-32H,1-2H3. The van der Waals surface area contributed by atoms with E-state index in [0.29, 0.717) is 17.5 Å². The van der Waals surface area contributed by atoms with Crippen molar-refractivity contribution < 1.29 is 0 Å². The lowest BCUT2D eigenvalue weighted by molar-refractivity contribution is 0.660. The van der Waals surface area contributed by atoms with Crippen LogP contribution in [-0.4, -0.2) is 15.0 Å². The average molecular weight is 693 g/mol. The maximum Gasteiger partial charge on any atom is 0.164 e. The molecule has 10 rings (SSSR count). The first-order valence-corrected chi connectivity index (χ1v) is 18.4. The largest absolute Gasteiger partial charge is 0.309 e. The first-order chi connectivity index (χ1) is 26.5. The molecule has 4 heteroatoms. The van der Waals surface area contributed by atoms with E-state index in [4.69, 9.17) is 15.0 Å². The summed E-state index contributed by atoms with van der Waals surface area (Å²) < 4.78 is 0. The molecule has 0 atom stereocenters. The number of hydrogen-bond donors (Lipinski definition) is 0. The van der Waals surface area contributed by atoms with Crippen molar-refractivity contribution in [2.24, 2.45) is 0 Å². The first kappa shape index (κ1) is 31.8. The molecule has 0 N–H and O–H groups in total. The molecule has 2 heterocycles. The molecule has 54 heavy (non-hydrogen) atoms. The van der Waals surface area contributed by atoms with Gasteiger partial charge in [-0.3, -0.25) is 0 Å². The van der Waals surface area contributed by atoms with Crippen molar-refractivity contribution in [3.8, 4) is 56.4 Å². The van der Waals surface area contributed by atoms with Crippen LogP contribution in [0.15, 0.2) is 170 Å². The van der Waals surface area contributed by atoms with Crippen LogP contribution in [0.3, 0.4) is 0 Å². The van der Waals surface area contributed by atoms with Gasteiger partial charge in [-0.1, -0.05) is 153 Å². The molecular weight excluding hydrogens is 657 g/mol. The number of aromatic nitrogens is 3. The van der Waals surface area contributed by atoms with E-state index in [0.717, 1.165) is 50.4 Å². The zero-order valence-electron chi connectivity index (χ0n) is 30.1. The van der Waals surface area contributed by atoms with E-state index >= 15 is 0 Å². The van der Waals surface area contributed by atoms with Gasteiger partial charge in [0.1, 0.15) is 0 Å². The minimum absolute atomic E-state index is 0.139. The lowest BCUT2D eigenvalue weighted by Crippen LogP contribution is -2.15. The fraction of sp³-hybridized carbons (Fsp3) is 0.0600. The Morgan fingerprint density at radius 3 is 1.69 bits per heavy atom. The normalized spacial score (nSPS) is 13.4. The first-order valence-electron chi connectivity index (χ1n) is 18.4. The number of nitrogens with zero attached hydrogens (tertiary/aromatic N) is 4. The molecule has 0 fully saturated rings. The Kier molecular flexibility index (Phi) is 7.44. The van der Waals surface area contributed by atoms with Gasteiger partial charge in [-0.05, 0) is 87.0 Å². The van der Waals surface area contributed by atoms with Crippen LogP contribution >= 0.6 is 0 Å². The van der Waals surface area contributed by atoms with Crippen molar-refractivity contribution in [3.05, 3.63) is 192 Å². The summed E-state index contributed by atoms with van der Waals surface area (Å²) in [7, 11) is 0. The summed E-state index contributed by atoms with van der Waals surface area (Å²) in [5.74, 6) is 1.93. The van der Waals surface area contributed by atoms with Gasteiger partial charge in [-0.25, -0.2) is 15.0 Å². The van der Waals surface area contributed by atoms with Crippen LogP contribution in [0.2, 0.25) is 0 Å². The second kappa shape index (κ2) is 12.6. The van der Waals surface area contributed by atoms with Gasteiger partial charge in [0, 0.05) is 27.8 Å². The molecule has 1 aliphatic carbocycles. The third-order valence-corrected chi connectivity index (χ3v) is 10.9. The van der Waals surface area contributed by atoms with Crippen LogP contribution in [0.25, 0.3) is 68.6 Å². The second-order valence-electron chi connectivity index (χ2n) is 14.5. The Balaban J connectivity index is 1.12. The highest BCUT2D eigenvalue weighted by Gasteiger charge is 2.35. The quantitative estimate of drug-likeness (QED) is 0.180. The highest BCUT2D eigenvalue weighted by molar-refractivity contribution is 5.94. The molecule has 0 amide bonds. The molecule has 8 aromatic rings. The summed E-state index contributed by atoms with van der Waals surface area (Å²) >= 11 is 0. The van der Waals surface area contributed by atoms with Crippen LogP contribution in [0.5, 0.6) is 0 Å². The lowest BCUT2D eigenvalue weighted by Gasteiger charge is -2.27. The Morgan fingerprint density at radius 1 is 0.389 bits per heavy atom. The molecule has 256 valence electrons. The predicted molar refractivity (Wildman–Crippen MR) is 223 cm³/mol. The van der Waals surface area contributed by atoms with Crippen molar-refractivity contribution in [1.82, 2.24) is 15.0 Å². The minimum atomic E-state index is -0.139. The summed E-state index contributed by atoms with van der Waals surface area (Å²) in [5, 5.41) is 0. The smallest absolute Gasteiger partial charge is 0.164 e. The highest BCUT2D eigenvalue weighted by Crippen LogP contribution is 2.49. The Bertz CT molecular complexity index is 2730. The number of benzene rings is 7. The fourth-order valence-electron chi connectivity index (χ4n) is 8.08. The van der Waals surface area contributed by atoms with Crippen molar-refractivity contribution in [2.45, 2.75) is 19.3 Å². The summed E-state index contributed by atoms with van der Waals surface area (Å²) in [6, 6.07) is 60.0. The maximum atomic E-state index is 5.22. The number of hydrogen-bond acceptors (Lipinski definition) is 4. The number of fused-ring (bicyclic) bond motifs is 5. The van der Waals surface area contributed by atoms with Crippen LogP contribution < -0.4 is 4.90 Å². The van der Waals surface area contributed by atoms with E-state index in [-0.39, 0.29) is 5.41 Å². The fourth-order valence-corrected chi connectivity index (χ4v) is 8.08. The zero-order chi connectivity index (χ0) is 36.2. The molecule has 4 nitrogen and oxygen atoms in total. The molecule has 1 aliphatic heterocycles. The molecule has 0 saturated heterocycles. The average Bonchev–Trinajstić information content (AvgIpc) is 3.34. The molecule has 1 aromatic heterocycles. The Labute approximate surface area is 315 Å². The van der Waals surface area contributed by atoms with Crippen molar-refractivity contribution in [3.63, 3.8) is 0 Å². The number of para-hydroxylation sites is 2. The van der Waals surface area contributed by atoms with E-state index in [1.165, 1.54) is 27.8 Å². The van der Waals surface area contributed by atoms with Gasteiger partial charge in [0.2, 0.25) is 0 Å². The van der Waals surface area contributed by atoms with Crippen molar-refractivity contribution >= 4 is 29.2 Å². The monoisotopic (exact) mass is 692 g/mol. The zero-order valence-corrected chi connectivity index (χ0v) is 30.1. The number of anilines is 3. The molecule has 0 radical (unpaired) electrons. The second-order valence-corrected chi connectivity index (χ2v) is 14.5.